The number of hydrogen-bond donors (Lipinski definition) is 1. The first-order valence-electron chi connectivity index (χ1n) is 7.50. The molecule has 0 spiro atoms. The fourth-order valence-electron chi connectivity index (χ4n) is 2.39. The van der Waals surface area contributed by atoms with Crippen LogP contribution in [0.5, 0.6) is 5.75 Å². The summed E-state index contributed by atoms with van der Waals surface area (Å²) in [6.45, 7) is 3.49. The summed E-state index contributed by atoms with van der Waals surface area (Å²) in [5.74, 6) is -0.584. The van der Waals surface area contributed by atoms with E-state index in [9.17, 15) is 9.59 Å². The van der Waals surface area contributed by atoms with Crippen LogP contribution in [0, 0.1) is 6.92 Å². The van der Waals surface area contributed by atoms with Crippen molar-refractivity contribution in [3.05, 3.63) is 58.5 Å². The normalized spacial score (nSPS) is 10.8. The van der Waals surface area contributed by atoms with E-state index in [1.54, 1.807) is 50.2 Å². The van der Waals surface area contributed by atoms with Crippen LogP contribution in [0.4, 0.5) is 0 Å². The van der Waals surface area contributed by atoms with Gasteiger partial charge in [-0.3, -0.25) is 9.59 Å². The topological polar surface area (TPSA) is 72.1 Å². The molecule has 0 saturated carbocycles. The van der Waals surface area contributed by atoms with Crippen LogP contribution in [-0.4, -0.2) is 21.7 Å². The second-order valence-electron chi connectivity index (χ2n) is 5.34. The van der Waals surface area contributed by atoms with Crippen molar-refractivity contribution in [3.63, 3.8) is 0 Å². The lowest BCUT2D eigenvalue weighted by Gasteiger charge is -2.05. The molecule has 2 aromatic heterocycles. The van der Waals surface area contributed by atoms with Gasteiger partial charge in [0.05, 0.1) is 0 Å². The quantitative estimate of drug-likeness (QED) is 0.573. The minimum absolute atomic E-state index is 0.187. The maximum atomic E-state index is 12.8. The van der Waals surface area contributed by atoms with Gasteiger partial charge >= 0.3 is 5.97 Å². The molecule has 0 unspecified atom stereocenters. The first-order chi connectivity index (χ1) is 11.5. The Morgan fingerprint density at radius 1 is 1.25 bits per heavy atom. The van der Waals surface area contributed by atoms with Crippen LogP contribution in [0.2, 0.25) is 5.02 Å². The van der Waals surface area contributed by atoms with Crippen molar-refractivity contribution in [3.8, 4) is 5.75 Å². The molecule has 0 aliphatic carbocycles. The van der Waals surface area contributed by atoms with E-state index in [2.05, 4.69) is 9.97 Å². The van der Waals surface area contributed by atoms with Crippen LogP contribution in [0.25, 0.3) is 10.9 Å². The Bertz CT molecular complexity index is 947. The van der Waals surface area contributed by atoms with E-state index in [0.717, 1.165) is 5.69 Å². The number of aryl methyl sites for hydroxylation is 1. The molecular weight excluding hydrogens is 328 g/mol. The summed E-state index contributed by atoms with van der Waals surface area (Å²) in [4.78, 5) is 31.9. The fraction of sp³-hybridized carbons (Fsp3) is 0.167. The number of nitrogens with zero attached hydrogens (tertiary/aromatic N) is 1. The molecule has 24 heavy (non-hydrogen) atoms. The number of carbonyl (C=O) groups excluding carboxylic acids is 2. The number of aromatic nitrogens is 2. The highest BCUT2D eigenvalue weighted by molar-refractivity contribution is 6.31. The third-order valence-electron chi connectivity index (χ3n) is 3.57. The molecule has 0 bridgehead atoms. The molecule has 122 valence electrons. The Labute approximate surface area is 143 Å². The maximum Gasteiger partial charge on any atom is 0.310 e. The van der Waals surface area contributed by atoms with E-state index in [1.807, 2.05) is 0 Å². The molecule has 5 nitrogen and oxygen atoms in total. The van der Waals surface area contributed by atoms with Crippen molar-refractivity contribution in [1.29, 1.82) is 0 Å². The van der Waals surface area contributed by atoms with E-state index >= 15 is 0 Å². The van der Waals surface area contributed by atoms with Crippen molar-refractivity contribution in [2.75, 3.05) is 0 Å². The second kappa shape index (κ2) is 6.45. The van der Waals surface area contributed by atoms with Gasteiger partial charge in [0.1, 0.15) is 11.4 Å². The number of aromatic amines is 1. The van der Waals surface area contributed by atoms with Crippen molar-refractivity contribution < 1.29 is 14.3 Å². The highest BCUT2D eigenvalue weighted by Gasteiger charge is 2.23. The molecule has 6 heteroatoms. The lowest BCUT2D eigenvalue weighted by molar-refractivity contribution is -0.133. The molecule has 0 amide bonds. The predicted octanol–water partition coefficient (Wildman–Crippen LogP) is 4.07. The van der Waals surface area contributed by atoms with Crippen LogP contribution in [0.3, 0.4) is 0 Å². The van der Waals surface area contributed by atoms with Crippen LogP contribution in [-0.2, 0) is 4.79 Å². The molecule has 1 aromatic carbocycles. The first-order valence-corrected chi connectivity index (χ1v) is 7.87. The highest BCUT2D eigenvalue weighted by Crippen LogP contribution is 2.33. The molecule has 0 atom stereocenters. The van der Waals surface area contributed by atoms with Gasteiger partial charge in [-0.05, 0) is 37.3 Å². The number of ketones is 1. The third kappa shape index (κ3) is 3.03. The second-order valence-corrected chi connectivity index (χ2v) is 5.78. The van der Waals surface area contributed by atoms with Crippen LogP contribution in [0.15, 0.2) is 36.4 Å². The average molecular weight is 343 g/mol. The van der Waals surface area contributed by atoms with Crippen LogP contribution >= 0.6 is 11.6 Å². The Balaban J connectivity index is 2.17. The van der Waals surface area contributed by atoms with Crippen molar-refractivity contribution in [2.24, 2.45) is 0 Å². The van der Waals surface area contributed by atoms with E-state index in [4.69, 9.17) is 16.3 Å². The van der Waals surface area contributed by atoms with Gasteiger partial charge < -0.3 is 9.72 Å². The number of nitrogens with one attached hydrogen (secondary N) is 1. The average Bonchev–Trinajstić information content (AvgIpc) is 2.92. The fourth-order valence-corrected chi connectivity index (χ4v) is 2.56. The number of pyridine rings is 1. The zero-order valence-electron chi connectivity index (χ0n) is 13.2. The summed E-state index contributed by atoms with van der Waals surface area (Å²) in [6.07, 6.45) is 0.198. The number of H-pyrrole nitrogens is 1. The van der Waals surface area contributed by atoms with Crippen molar-refractivity contribution >= 4 is 34.3 Å². The van der Waals surface area contributed by atoms with Crippen LogP contribution < -0.4 is 4.74 Å². The van der Waals surface area contributed by atoms with Crippen LogP contribution in [0.1, 0.15) is 35.2 Å². The van der Waals surface area contributed by atoms with Gasteiger partial charge in [-0.2, -0.15) is 0 Å². The summed E-state index contributed by atoms with van der Waals surface area (Å²) >= 11 is 6.04. The summed E-state index contributed by atoms with van der Waals surface area (Å²) in [7, 11) is 0. The maximum absolute atomic E-state index is 12.8. The largest absolute Gasteiger partial charge is 0.423 e. The van der Waals surface area contributed by atoms with E-state index < -0.39 is 5.97 Å². The van der Waals surface area contributed by atoms with Gasteiger partial charge in [-0.1, -0.05) is 24.6 Å². The van der Waals surface area contributed by atoms with Gasteiger partial charge in [0.2, 0.25) is 5.78 Å². The van der Waals surface area contributed by atoms with Crippen molar-refractivity contribution in [2.45, 2.75) is 20.3 Å². The number of ether oxygens (including phenoxy) is 1. The summed E-state index contributed by atoms with van der Waals surface area (Å²) in [5.41, 5.74) is 1.86. The van der Waals surface area contributed by atoms with Gasteiger partial charge in [-0.15, -0.1) is 0 Å². The number of halogens is 1. The van der Waals surface area contributed by atoms with E-state index in [1.165, 1.54) is 0 Å². The highest BCUT2D eigenvalue weighted by atomic mass is 35.5. The zero-order chi connectivity index (χ0) is 17.3. The van der Waals surface area contributed by atoms with Gasteiger partial charge in [0, 0.05) is 28.0 Å². The Morgan fingerprint density at radius 3 is 2.75 bits per heavy atom. The standard InChI is InChI=1S/C18H15ClN2O3/c1-3-15(22)24-18-12-9-11(19)7-8-13(12)21-16(18)17(23)14-6-4-5-10(2)20-14/h4-9,21H,3H2,1-2H3. The number of benzene rings is 1. The summed E-state index contributed by atoms with van der Waals surface area (Å²) < 4.78 is 5.40. The number of hydrogen-bond acceptors (Lipinski definition) is 4. The smallest absolute Gasteiger partial charge is 0.310 e. The molecular formula is C18H15ClN2O3. The van der Waals surface area contributed by atoms with Gasteiger partial charge in [0.25, 0.3) is 0 Å². The Morgan fingerprint density at radius 2 is 2.04 bits per heavy atom. The summed E-state index contributed by atoms with van der Waals surface area (Å²) in [6, 6.07) is 10.3. The first kappa shape index (κ1) is 16.2. The molecule has 3 rings (SSSR count). The Hall–Kier alpha value is -2.66. The van der Waals surface area contributed by atoms with Crippen molar-refractivity contribution in [1.82, 2.24) is 9.97 Å². The molecule has 0 aliphatic heterocycles. The molecule has 3 aromatic rings. The Kier molecular flexibility index (Phi) is 4.36. The molecule has 1 N–H and O–H groups in total. The lowest BCUT2D eigenvalue weighted by Crippen LogP contribution is -2.11. The third-order valence-corrected chi connectivity index (χ3v) is 3.80. The SMILES string of the molecule is CCC(=O)Oc1c(C(=O)c2cccc(C)n2)[nH]c2ccc(Cl)cc12. The number of fused-ring (bicyclic) bond motifs is 1. The molecule has 0 radical (unpaired) electrons. The molecule has 0 saturated heterocycles. The zero-order valence-corrected chi connectivity index (χ0v) is 14.0. The molecule has 2 heterocycles. The number of rotatable bonds is 4. The van der Waals surface area contributed by atoms with Gasteiger partial charge in [-0.25, -0.2) is 4.98 Å². The van der Waals surface area contributed by atoms with E-state index in [0.29, 0.717) is 15.9 Å². The minimum atomic E-state index is -0.429. The molecule has 0 fully saturated rings. The number of esters is 1. The lowest BCUT2D eigenvalue weighted by atomic mass is 10.1. The predicted molar refractivity (Wildman–Crippen MR) is 91.6 cm³/mol. The van der Waals surface area contributed by atoms with E-state index in [-0.39, 0.29) is 29.3 Å². The summed E-state index contributed by atoms with van der Waals surface area (Å²) in [5, 5.41) is 1.07. The van der Waals surface area contributed by atoms with Gasteiger partial charge in [0.15, 0.2) is 5.75 Å². The number of carbonyl (C=O) groups is 2. The molecule has 0 aliphatic rings. The monoisotopic (exact) mass is 342 g/mol. The minimum Gasteiger partial charge on any atom is -0.423 e.